The van der Waals surface area contributed by atoms with Gasteiger partial charge in [-0.1, -0.05) is 64.3 Å². The van der Waals surface area contributed by atoms with Gasteiger partial charge in [0.05, 0.1) is 0 Å². The largest absolute Gasteiger partial charge is 0.314 e. The zero-order valence-electron chi connectivity index (χ0n) is 13.0. The first-order valence-corrected chi connectivity index (χ1v) is 8.11. The van der Waals surface area contributed by atoms with E-state index in [1.54, 1.807) is 0 Å². The summed E-state index contributed by atoms with van der Waals surface area (Å²) in [5.74, 6) is 0. The lowest BCUT2D eigenvalue weighted by Crippen LogP contribution is -2.31. The molecule has 0 saturated heterocycles. The van der Waals surface area contributed by atoms with Gasteiger partial charge in [0.1, 0.15) is 0 Å². The Labute approximate surface area is 119 Å². The van der Waals surface area contributed by atoms with Crippen molar-refractivity contribution in [3.8, 4) is 0 Å². The van der Waals surface area contributed by atoms with Crippen molar-refractivity contribution in [2.75, 3.05) is 6.54 Å². The number of hydrogen-bond acceptors (Lipinski definition) is 1. The third-order valence-corrected chi connectivity index (χ3v) is 3.75. The number of benzene rings is 1. The minimum absolute atomic E-state index is 0.652. The van der Waals surface area contributed by atoms with Crippen molar-refractivity contribution in [2.45, 2.75) is 71.8 Å². The standard InChI is InChI=1S/C18H31N/c1-4-7-8-9-18(19-14-5-2)15-17-12-10-16(6-3)11-13-17/h10-13,18-19H,4-9,14-15H2,1-3H3. The van der Waals surface area contributed by atoms with Crippen molar-refractivity contribution in [2.24, 2.45) is 0 Å². The molecule has 0 fully saturated rings. The van der Waals surface area contributed by atoms with E-state index in [4.69, 9.17) is 0 Å². The number of nitrogens with one attached hydrogen (secondary N) is 1. The average Bonchev–Trinajstić information content (AvgIpc) is 2.45. The topological polar surface area (TPSA) is 12.0 Å². The summed E-state index contributed by atoms with van der Waals surface area (Å²) in [5, 5.41) is 3.71. The first-order chi connectivity index (χ1) is 9.30. The molecule has 0 saturated carbocycles. The molecule has 0 aliphatic heterocycles. The second-order valence-corrected chi connectivity index (χ2v) is 5.52. The first-order valence-electron chi connectivity index (χ1n) is 8.11. The van der Waals surface area contributed by atoms with Crippen molar-refractivity contribution in [3.63, 3.8) is 0 Å². The first kappa shape index (κ1) is 16.2. The van der Waals surface area contributed by atoms with Crippen LogP contribution in [-0.4, -0.2) is 12.6 Å². The van der Waals surface area contributed by atoms with E-state index in [9.17, 15) is 0 Å². The molecule has 0 heterocycles. The molecular formula is C18H31N. The maximum Gasteiger partial charge on any atom is 0.0107 e. The molecule has 0 radical (unpaired) electrons. The van der Waals surface area contributed by atoms with Crippen LogP contribution in [-0.2, 0) is 12.8 Å². The normalized spacial score (nSPS) is 12.6. The van der Waals surface area contributed by atoms with Crippen LogP contribution in [0.5, 0.6) is 0 Å². The van der Waals surface area contributed by atoms with Gasteiger partial charge < -0.3 is 5.32 Å². The molecule has 0 aliphatic carbocycles. The van der Waals surface area contributed by atoms with Gasteiger partial charge in [0.15, 0.2) is 0 Å². The maximum absolute atomic E-state index is 3.71. The van der Waals surface area contributed by atoms with Crippen LogP contribution < -0.4 is 5.32 Å². The molecule has 1 atom stereocenters. The van der Waals surface area contributed by atoms with Gasteiger partial charge in [-0.05, 0) is 43.4 Å². The Balaban J connectivity index is 2.48. The highest BCUT2D eigenvalue weighted by molar-refractivity contribution is 5.23. The van der Waals surface area contributed by atoms with E-state index < -0.39 is 0 Å². The van der Waals surface area contributed by atoms with Crippen LogP contribution in [0.4, 0.5) is 0 Å². The van der Waals surface area contributed by atoms with Gasteiger partial charge in [-0.3, -0.25) is 0 Å². The minimum Gasteiger partial charge on any atom is -0.314 e. The fourth-order valence-electron chi connectivity index (χ4n) is 2.46. The smallest absolute Gasteiger partial charge is 0.0107 e. The molecule has 1 heteroatoms. The van der Waals surface area contributed by atoms with Crippen molar-refractivity contribution in [3.05, 3.63) is 35.4 Å². The Morgan fingerprint density at radius 3 is 2.16 bits per heavy atom. The van der Waals surface area contributed by atoms with Crippen LogP contribution in [0.25, 0.3) is 0 Å². The highest BCUT2D eigenvalue weighted by Gasteiger charge is 2.08. The van der Waals surface area contributed by atoms with E-state index in [0.29, 0.717) is 6.04 Å². The lowest BCUT2D eigenvalue weighted by Gasteiger charge is -2.18. The molecule has 1 aromatic carbocycles. The minimum atomic E-state index is 0.652. The molecule has 1 nitrogen and oxygen atoms in total. The Kier molecular flexibility index (Phi) is 8.57. The van der Waals surface area contributed by atoms with E-state index in [0.717, 1.165) is 13.0 Å². The number of unbranched alkanes of at least 4 members (excludes halogenated alkanes) is 2. The van der Waals surface area contributed by atoms with Gasteiger partial charge in [-0.25, -0.2) is 0 Å². The molecule has 1 aromatic rings. The Bertz CT molecular complexity index is 315. The molecular weight excluding hydrogens is 230 g/mol. The molecule has 108 valence electrons. The lowest BCUT2D eigenvalue weighted by atomic mass is 9.99. The van der Waals surface area contributed by atoms with Crippen LogP contribution >= 0.6 is 0 Å². The van der Waals surface area contributed by atoms with Crippen LogP contribution in [0, 0.1) is 0 Å². The molecule has 0 amide bonds. The third kappa shape index (κ3) is 6.77. The summed E-state index contributed by atoms with van der Waals surface area (Å²) >= 11 is 0. The summed E-state index contributed by atoms with van der Waals surface area (Å²) in [6, 6.07) is 9.81. The predicted molar refractivity (Wildman–Crippen MR) is 85.7 cm³/mol. The van der Waals surface area contributed by atoms with Crippen molar-refractivity contribution in [1.82, 2.24) is 5.32 Å². The summed E-state index contributed by atoms with van der Waals surface area (Å²) in [6.07, 6.45) is 8.86. The van der Waals surface area contributed by atoms with E-state index in [1.165, 1.54) is 49.7 Å². The molecule has 0 spiro atoms. The molecule has 1 unspecified atom stereocenters. The van der Waals surface area contributed by atoms with E-state index in [-0.39, 0.29) is 0 Å². The van der Waals surface area contributed by atoms with Crippen LogP contribution in [0.2, 0.25) is 0 Å². The van der Waals surface area contributed by atoms with Gasteiger partial charge in [0.2, 0.25) is 0 Å². The monoisotopic (exact) mass is 261 g/mol. The van der Waals surface area contributed by atoms with Crippen molar-refractivity contribution in [1.29, 1.82) is 0 Å². The second kappa shape index (κ2) is 10.0. The van der Waals surface area contributed by atoms with Crippen molar-refractivity contribution >= 4 is 0 Å². The molecule has 1 N–H and O–H groups in total. The molecule has 0 aliphatic rings. The zero-order valence-corrected chi connectivity index (χ0v) is 13.0. The summed E-state index contributed by atoms with van der Waals surface area (Å²) in [6.45, 7) is 7.87. The van der Waals surface area contributed by atoms with E-state index in [2.05, 4.69) is 50.4 Å². The number of hydrogen-bond donors (Lipinski definition) is 1. The number of rotatable bonds is 10. The fourth-order valence-corrected chi connectivity index (χ4v) is 2.46. The Morgan fingerprint density at radius 1 is 0.895 bits per heavy atom. The van der Waals surface area contributed by atoms with Crippen LogP contribution in [0.1, 0.15) is 64.0 Å². The molecule has 19 heavy (non-hydrogen) atoms. The SMILES string of the molecule is CCCCCC(Cc1ccc(CC)cc1)NCCC. The summed E-state index contributed by atoms with van der Waals surface area (Å²) < 4.78 is 0. The average molecular weight is 261 g/mol. The Morgan fingerprint density at radius 2 is 1.58 bits per heavy atom. The van der Waals surface area contributed by atoms with Crippen LogP contribution in [0.3, 0.4) is 0 Å². The molecule has 0 aromatic heterocycles. The summed E-state index contributed by atoms with van der Waals surface area (Å²) in [7, 11) is 0. The zero-order chi connectivity index (χ0) is 13.9. The van der Waals surface area contributed by atoms with Gasteiger partial charge in [-0.2, -0.15) is 0 Å². The third-order valence-electron chi connectivity index (χ3n) is 3.75. The van der Waals surface area contributed by atoms with Gasteiger partial charge in [0, 0.05) is 6.04 Å². The quantitative estimate of drug-likeness (QED) is 0.600. The molecule has 0 bridgehead atoms. The molecule has 1 rings (SSSR count). The summed E-state index contributed by atoms with van der Waals surface area (Å²) in [4.78, 5) is 0. The van der Waals surface area contributed by atoms with Crippen LogP contribution in [0.15, 0.2) is 24.3 Å². The van der Waals surface area contributed by atoms with Crippen molar-refractivity contribution < 1.29 is 0 Å². The number of aryl methyl sites for hydroxylation is 1. The second-order valence-electron chi connectivity index (χ2n) is 5.52. The lowest BCUT2D eigenvalue weighted by molar-refractivity contribution is 0.456. The maximum atomic E-state index is 3.71. The van der Waals surface area contributed by atoms with Gasteiger partial charge in [0.25, 0.3) is 0 Å². The van der Waals surface area contributed by atoms with E-state index in [1.807, 2.05) is 0 Å². The van der Waals surface area contributed by atoms with E-state index >= 15 is 0 Å². The predicted octanol–water partition coefficient (Wildman–Crippen LogP) is 4.74. The highest BCUT2D eigenvalue weighted by Crippen LogP contribution is 2.12. The highest BCUT2D eigenvalue weighted by atomic mass is 14.9. The fraction of sp³-hybridized carbons (Fsp3) is 0.667. The van der Waals surface area contributed by atoms with Gasteiger partial charge >= 0.3 is 0 Å². The summed E-state index contributed by atoms with van der Waals surface area (Å²) in [5.41, 5.74) is 2.91. The Hall–Kier alpha value is -0.820. The van der Waals surface area contributed by atoms with Gasteiger partial charge in [-0.15, -0.1) is 0 Å².